The fraction of sp³-hybridized carbons (Fsp3) is 0.625. The molecule has 0 aliphatic carbocycles. The molecule has 19 heavy (non-hydrogen) atoms. The van der Waals surface area contributed by atoms with E-state index in [9.17, 15) is 0 Å². The molecule has 3 heteroatoms. The summed E-state index contributed by atoms with van der Waals surface area (Å²) in [5.41, 5.74) is 1.35. The molecule has 0 spiro atoms. The van der Waals surface area contributed by atoms with Gasteiger partial charge in [0.2, 0.25) is 0 Å². The van der Waals surface area contributed by atoms with Crippen molar-refractivity contribution in [2.24, 2.45) is 0 Å². The molecule has 4 atom stereocenters. The molecule has 2 fully saturated rings. The van der Waals surface area contributed by atoms with Crippen molar-refractivity contribution >= 4 is 0 Å². The minimum Gasteiger partial charge on any atom is -0.343 e. The molecule has 3 nitrogen and oxygen atoms in total. The van der Waals surface area contributed by atoms with Crippen LogP contribution in [0.5, 0.6) is 0 Å². The van der Waals surface area contributed by atoms with Crippen molar-refractivity contribution in [1.29, 1.82) is 0 Å². The zero-order chi connectivity index (χ0) is 13.6. The van der Waals surface area contributed by atoms with Crippen LogP contribution in [0.3, 0.4) is 0 Å². The van der Waals surface area contributed by atoms with Gasteiger partial charge in [-0.2, -0.15) is 0 Å². The molecule has 0 saturated carbocycles. The Morgan fingerprint density at radius 1 is 1.00 bits per heavy atom. The monoisotopic (exact) mass is 261 g/mol. The van der Waals surface area contributed by atoms with Gasteiger partial charge >= 0.3 is 0 Å². The lowest BCUT2D eigenvalue weighted by Gasteiger charge is -2.31. The third-order valence-electron chi connectivity index (χ3n) is 4.37. The third kappa shape index (κ3) is 2.31. The molecule has 2 aliphatic heterocycles. The van der Waals surface area contributed by atoms with Crippen molar-refractivity contribution in [3.8, 4) is 0 Å². The summed E-state index contributed by atoms with van der Waals surface area (Å²) in [6.07, 6.45) is 0.377. The van der Waals surface area contributed by atoms with Crippen LogP contribution in [0, 0.1) is 0 Å². The lowest BCUT2D eigenvalue weighted by molar-refractivity contribution is -0.166. The molecule has 104 valence electrons. The molecule has 0 radical (unpaired) electrons. The predicted octanol–water partition coefficient (Wildman–Crippen LogP) is 2.80. The van der Waals surface area contributed by atoms with Gasteiger partial charge < -0.3 is 9.47 Å². The fourth-order valence-electron chi connectivity index (χ4n) is 3.39. The van der Waals surface area contributed by atoms with Crippen LogP contribution in [-0.2, 0) is 16.0 Å². The van der Waals surface area contributed by atoms with Crippen LogP contribution in [0.4, 0.5) is 0 Å². The number of nitrogens with zero attached hydrogens (tertiary/aromatic N) is 1. The third-order valence-corrected chi connectivity index (χ3v) is 4.37. The number of benzene rings is 1. The van der Waals surface area contributed by atoms with Crippen LogP contribution in [-0.4, -0.2) is 35.0 Å². The van der Waals surface area contributed by atoms with Gasteiger partial charge in [0.25, 0.3) is 0 Å². The Morgan fingerprint density at radius 3 is 2.05 bits per heavy atom. The van der Waals surface area contributed by atoms with Crippen molar-refractivity contribution < 1.29 is 9.47 Å². The van der Waals surface area contributed by atoms with Gasteiger partial charge in [-0.15, -0.1) is 0 Å². The van der Waals surface area contributed by atoms with Crippen molar-refractivity contribution in [2.75, 3.05) is 0 Å². The van der Waals surface area contributed by atoms with Crippen LogP contribution < -0.4 is 0 Å². The van der Waals surface area contributed by atoms with E-state index in [1.807, 2.05) is 13.8 Å². The van der Waals surface area contributed by atoms with E-state index in [-0.39, 0.29) is 12.2 Å². The van der Waals surface area contributed by atoms with E-state index in [0.29, 0.717) is 12.1 Å². The summed E-state index contributed by atoms with van der Waals surface area (Å²) >= 11 is 0. The zero-order valence-corrected chi connectivity index (χ0v) is 12.2. The second kappa shape index (κ2) is 4.58. The Labute approximate surface area is 115 Å². The molecule has 2 saturated heterocycles. The summed E-state index contributed by atoms with van der Waals surface area (Å²) in [7, 11) is 0. The van der Waals surface area contributed by atoms with Crippen molar-refractivity contribution in [1.82, 2.24) is 4.90 Å². The van der Waals surface area contributed by atoms with Crippen molar-refractivity contribution in [3.63, 3.8) is 0 Å². The topological polar surface area (TPSA) is 21.7 Å². The molecule has 0 unspecified atom stereocenters. The average Bonchev–Trinajstić information content (AvgIpc) is 2.80. The summed E-state index contributed by atoms with van der Waals surface area (Å²) in [5, 5.41) is 0. The van der Waals surface area contributed by atoms with E-state index in [1.54, 1.807) is 0 Å². The van der Waals surface area contributed by atoms with E-state index in [4.69, 9.17) is 9.47 Å². The minimum absolute atomic E-state index is 0.189. The maximum absolute atomic E-state index is 6.06. The van der Waals surface area contributed by atoms with Crippen LogP contribution in [0.2, 0.25) is 0 Å². The standard InChI is InChI=1S/C16H23NO2/c1-11-14-15(19-16(3,4)18-14)12(2)17(11)10-13-8-6-5-7-9-13/h5-9,11-12,14-15H,10H2,1-4H3/t11-,12+,14-,15+. The predicted molar refractivity (Wildman–Crippen MR) is 74.7 cm³/mol. The summed E-state index contributed by atoms with van der Waals surface area (Å²) in [4.78, 5) is 2.49. The first kappa shape index (κ1) is 13.1. The van der Waals surface area contributed by atoms with E-state index < -0.39 is 5.79 Å². The van der Waals surface area contributed by atoms with Gasteiger partial charge in [-0.3, -0.25) is 4.90 Å². The van der Waals surface area contributed by atoms with Gasteiger partial charge in [0.05, 0.1) is 0 Å². The van der Waals surface area contributed by atoms with E-state index in [0.717, 1.165) is 6.54 Å². The highest BCUT2D eigenvalue weighted by molar-refractivity contribution is 5.16. The minimum atomic E-state index is -0.434. The Balaban J connectivity index is 1.76. The highest BCUT2D eigenvalue weighted by Gasteiger charge is 2.54. The first-order chi connectivity index (χ1) is 8.98. The number of hydrogen-bond acceptors (Lipinski definition) is 3. The van der Waals surface area contributed by atoms with Crippen LogP contribution in [0.25, 0.3) is 0 Å². The fourth-order valence-corrected chi connectivity index (χ4v) is 3.39. The van der Waals surface area contributed by atoms with Gasteiger partial charge in [-0.05, 0) is 33.3 Å². The van der Waals surface area contributed by atoms with Gasteiger partial charge in [0.15, 0.2) is 5.79 Å². The van der Waals surface area contributed by atoms with Gasteiger partial charge in [0, 0.05) is 18.6 Å². The Hall–Kier alpha value is -0.900. The lowest BCUT2D eigenvalue weighted by Crippen LogP contribution is -2.39. The van der Waals surface area contributed by atoms with Crippen LogP contribution >= 0.6 is 0 Å². The lowest BCUT2D eigenvalue weighted by atomic mass is 10.1. The largest absolute Gasteiger partial charge is 0.343 e. The highest BCUT2D eigenvalue weighted by atomic mass is 16.8. The summed E-state index contributed by atoms with van der Waals surface area (Å²) in [5.74, 6) is -0.434. The van der Waals surface area contributed by atoms with E-state index >= 15 is 0 Å². The smallest absolute Gasteiger partial charge is 0.163 e. The number of hydrogen-bond donors (Lipinski definition) is 0. The molecule has 3 rings (SSSR count). The molecule has 1 aromatic rings. The number of ether oxygens (including phenoxy) is 2. The van der Waals surface area contributed by atoms with Crippen molar-refractivity contribution in [3.05, 3.63) is 35.9 Å². The second-order valence-electron chi connectivity index (χ2n) is 6.20. The quantitative estimate of drug-likeness (QED) is 0.817. The first-order valence-electron chi connectivity index (χ1n) is 7.13. The number of likely N-dealkylation sites (tertiary alicyclic amines) is 1. The van der Waals surface area contributed by atoms with E-state index in [1.165, 1.54) is 5.56 Å². The molecule has 0 N–H and O–H groups in total. The highest BCUT2D eigenvalue weighted by Crippen LogP contribution is 2.40. The second-order valence-corrected chi connectivity index (χ2v) is 6.20. The maximum atomic E-state index is 6.06. The molecular weight excluding hydrogens is 238 g/mol. The van der Waals surface area contributed by atoms with Crippen LogP contribution in [0.1, 0.15) is 33.3 Å². The molecule has 0 aromatic heterocycles. The first-order valence-corrected chi connectivity index (χ1v) is 7.13. The Kier molecular flexibility index (Phi) is 3.16. The molecule has 0 bridgehead atoms. The number of rotatable bonds is 2. The summed E-state index contributed by atoms with van der Waals surface area (Å²) < 4.78 is 12.1. The molecule has 0 amide bonds. The molecule has 1 aromatic carbocycles. The molecular formula is C16H23NO2. The normalized spacial score (nSPS) is 37.5. The van der Waals surface area contributed by atoms with Gasteiger partial charge in [0.1, 0.15) is 12.2 Å². The number of fused-ring (bicyclic) bond motifs is 1. The van der Waals surface area contributed by atoms with E-state index in [2.05, 4.69) is 49.1 Å². The Bertz CT molecular complexity index is 425. The van der Waals surface area contributed by atoms with Gasteiger partial charge in [-0.25, -0.2) is 0 Å². The summed E-state index contributed by atoms with van der Waals surface area (Å²) in [6.45, 7) is 9.46. The average molecular weight is 261 g/mol. The zero-order valence-electron chi connectivity index (χ0n) is 12.2. The van der Waals surface area contributed by atoms with Crippen LogP contribution in [0.15, 0.2) is 30.3 Å². The molecule has 2 aliphatic rings. The Morgan fingerprint density at radius 2 is 1.53 bits per heavy atom. The van der Waals surface area contributed by atoms with Crippen molar-refractivity contribution in [2.45, 2.75) is 64.3 Å². The summed E-state index contributed by atoms with van der Waals surface area (Å²) in [6, 6.07) is 11.4. The SMILES string of the molecule is C[C@@H]1[C@H]2OC(C)(C)O[C@H]2[C@H](C)N1Cc1ccccc1. The maximum Gasteiger partial charge on any atom is 0.163 e. The van der Waals surface area contributed by atoms with Gasteiger partial charge in [-0.1, -0.05) is 30.3 Å². The molecule has 2 heterocycles.